The summed E-state index contributed by atoms with van der Waals surface area (Å²) in [4.78, 5) is 0. The Morgan fingerprint density at radius 3 is 0.849 bits per heavy atom. The van der Waals surface area contributed by atoms with Crippen LogP contribution < -0.4 is 40.9 Å². The van der Waals surface area contributed by atoms with Gasteiger partial charge in [0.05, 0.1) is 13.2 Å². The maximum absolute atomic E-state index is 6.72. The SMILES string of the molecule is CCCCCCCCCCCCOc1cc(-n2c3cc([Si](C)(C)C)[se]c3c3[se]c([Si](C)(C)C)cc32)cc(C)c1OCCCCCCCCCCCC.CCCCCCCCCCCCOc1cc(N)cc(C)c1OCCCCCCCCCCCC.C[Si](C)(C)c1cc(Br)c(-c2[se]c([Si](C)(C)C)cc2Br)[se]1. The molecule has 0 bridgehead atoms. The third-order valence-corrected chi connectivity index (χ3v) is 56.2. The first-order valence-corrected chi connectivity index (χ1v) is 65.3. The second-order valence-electron chi connectivity index (χ2n) is 34.9. The van der Waals surface area contributed by atoms with Crippen molar-refractivity contribution in [1.29, 1.82) is 0 Å². The fourth-order valence-electron chi connectivity index (χ4n) is 13.6. The minimum absolute atomic E-state index is 0.446. The Labute approximate surface area is 695 Å². The molecule has 7 rings (SSSR count). The van der Waals surface area contributed by atoms with E-state index < -0.39 is 32.3 Å². The fraction of sp³-hybridized carbons (Fsp3) is 0.689. The van der Waals surface area contributed by atoms with Gasteiger partial charge in [-0.1, -0.05) is 227 Å². The van der Waals surface area contributed by atoms with Gasteiger partial charge in [-0.15, -0.1) is 0 Å². The molecule has 0 unspecified atom stereocenters. The number of nitrogen functional groups attached to an aromatic ring is 1. The average molecular weight is 1910 g/mol. The summed E-state index contributed by atoms with van der Waals surface area (Å²) in [5.41, 5.74) is 13.3. The van der Waals surface area contributed by atoms with Crippen LogP contribution in [0.1, 0.15) is 296 Å². The van der Waals surface area contributed by atoms with Crippen LogP contribution >= 0.6 is 31.9 Å². The van der Waals surface area contributed by atoms with Crippen LogP contribution in [0.15, 0.2) is 57.5 Å². The van der Waals surface area contributed by atoms with Crippen LogP contribution in [-0.4, -0.2) is 121 Å². The van der Waals surface area contributed by atoms with E-state index in [1.807, 2.05) is 12.1 Å². The normalized spacial score (nSPS) is 12.2. The summed E-state index contributed by atoms with van der Waals surface area (Å²) in [6, 6.07) is 18.7. The number of rotatable bonds is 54. The number of nitrogens with two attached hydrogens (primary N) is 1. The van der Waals surface area contributed by atoms with E-state index >= 15 is 0 Å². The average Bonchev–Trinajstić information content (AvgIpc) is 1.56. The van der Waals surface area contributed by atoms with Gasteiger partial charge in [-0.25, -0.2) is 0 Å². The number of aromatic nitrogens is 1. The van der Waals surface area contributed by atoms with Gasteiger partial charge in [0.25, 0.3) is 0 Å². The number of halogens is 2. The third-order valence-electron chi connectivity index (χ3n) is 20.4. The van der Waals surface area contributed by atoms with E-state index in [1.54, 1.807) is 33.6 Å². The van der Waals surface area contributed by atoms with Crippen molar-refractivity contribution in [1.82, 2.24) is 4.57 Å². The van der Waals surface area contributed by atoms with Crippen molar-refractivity contribution in [3.63, 3.8) is 0 Å². The van der Waals surface area contributed by atoms with Crippen LogP contribution in [0.3, 0.4) is 0 Å². The minimum atomic E-state index is -1.38. The molecule has 2 aromatic carbocycles. The molecule has 0 fully saturated rings. The van der Waals surface area contributed by atoms with Crippen molar-refractivity contribution in [3.05, 3.63) is 68.6 Å². The van der Waals surface area contributed by atoms with Gasteiger partial charge in [0, 0.05) is 11.8 Å². The van der Waals surface area contributed by atoms with Crippen molar-refractivity contribution >= 4 is 164 Å². The van der Waals surface area contributed by atoms with E-state index in [9.17, 15) is 0 Å². The van der Waals surface area contributed by atoms with E-state index in [0.717, 1.165) is 86.4 Å². The van der Waals surface area contributed by atoms with E-state index in [0.29, 0.717) is 58.0 Å². The number of unbranched alkanes of at least 4 members (excludes halogenated alkanes) is 36. The zero-order valence-corrected chi connectivity index (χ0v) is 84.8. The van der Waals surface area contributed by atoms with Gasteiger partial charge in [-0.05, 0) is 31.4 Å². The molecule has 5 aromatic heterocycles. The Hall–Kier alpha value is -0.935. The summed E-state index contributed by atoms with van der Waals surface area (Å²) < 4.78 is 44.5. The molecule has 0 atom stereocenters. The first kappa shape index (κ1) is 95.7. The van der Waals surface area contributed by atoms with Crippen LogP contribution in [-0.2, 0) is 0 Å². The Balaban J connectivity index is 0.000000318. The number of benzene rings is 2. The molecule has 0 amide bonds. The molecule has 106 heavy (non-hydrogen) atoms. The number of nitrogens with zero attached hydrogens (tertiary/aromatic N) is 1. The summed E-state index contributed by atoms with van der Waals surface area (Å²) >= 11 is 9.61. The molecule has 2 N–H and O–H groups in total. The number of anilines is 1. The van der Waals surface area contributed by atoms with Crippen LogP contribution in [0, 0.1) is 13.8 Å². The van der Waals surface area contributed by atoms with Crippen LogP contribution in [0.2, 0.25) is 78.6 Å². The van der Waals surface area contributed by atoms with Crippen molar-refractivity contribution < 1.29 is 18.9 Å². The maximum atomic E-state index is 6.72. The Morgan fingerprint density at radius 2 is 0.566 bits per heavy atom. The molecule has 7 aromatic rings. The molecule has 0 spiro atoms. The first-order valence-electron chi connectivity index (χ1n) is 42.9. The van der Waals surface area contributed by atoms with E-state index in [2.05, 4.69) is 193 Å². The molecule has 0 saturated heterocycles. The quantitative estimate of drug-likeness (QED) is 0.0234. The van der Waals surface area contributed by atoms with Crippen LogP contribution in [0.25, 0.3) is 34.1 Å². The van der Waals surface area contributed by atoms with Crippen LogP contribution in [0.4, 0.5) is 5.69 Å². The Morgan fingerprint density at radius 1 is 0.311 bits per heavy atom. The van der Waals surface area contributed by atoms with E-state index in [4.69, 9.17) is 24.7 Å². The van der Waals surface area contributed by atoms with Gasteiger partial charge in [0.2, 0.25) is 0 Å². The molecule has 5 heterocycles. The zero-order chi connectivity index (χ0) is 77.6. The van der Waals surface area contributed by atoms with Crippen molar-refractivity contribution in [2.45, 2.75) is 377 Å². The topological polar surface area (TPSA) is 67.9 Å². The van der Waals surface area contributed by atoms with E-state index in [-0.39, 0.29) is 0 Å². The predicted octanol–water partition coefficient (Wildman–Crippen LogP) is 27.2. The molecular weight excluding hydrogens is 1760 g/mol. The van der Waals surface area contributed by atoms with Gasteiger partial charge in [-0.2, -0.15) is 0 Å². The number of aryl methyl sites for hydroxylation is 2. The summed E-state index contributed by atoms with van der Waals surface area (Å²) in [6.45, 7) is 46.4. The number of hydrogen-bond donors (Lipinski definition) is 1. The predicted molar refractivity (Wildman–Crippen MR) is 497 cm³/mol. The van der Waals surface area contributed by atoms with Crippen molar-refractivity contribution in [3.8, 4) is 37.6 Å². The van der Waals surface area contributed by atoms with Crippen LogP contribution in [0.5, 0.6) is 23.0 Å². The zero-order valence-electron chi connectivity index (χ0n) is 70.8. The van der Waals surface area contributed by atoms with Crippen molar-refractivity contribution in [2.75, 3.05) is 32.2 Å². The molecule has 600 valence electrons. The first-order chi connectivity index (χ1) is 50.6. The molecule has 0 aliphatic rings. The summed E-state index contributed by atoms with van der Waals surface area (Å²) in [7, 11) is -5.07. The molecule has 0 radical (unpaired) electrons. The second kappa shape index (κ2) is 51.8. The summed E-state index contributed by atoms with van der Waals surface area (Å²) in [5.74, 6) is 3.63. The summed E-state index contributed by atoms with van der Waals surface area (Å²) in [5, 5.41) is 0. The number of fused-ring (bicyclic) bond motifs is 3. The van der Waals surface area contributed by atoms with Gasteiger partial charge < -0.3 is 15.2 Å². The molecule has 16 heteroatoms. The van der Waals surface area contributed by atoms with Gasteiger partial charge in [0.15, 0.2) is 11.5 Å². The number of ether oxygens (including phenoxy) is 4. The Kier molecular flexibility index (Phi) is 46.8. The van der Waals surface area contributed by atoms with Gasteiger partial charge in [0.1, 0.15) is 0 Å². The fourth-order valence-corrected chi connectivity index (χ4v) is 38.9. The van der Waals surface area contributed by atoms with Gasteiger partial charge >= 0.3 is 393 Å². The Bertz CT molecular complexity index is 3400. The number of hydrogen-bond acceptors (Lipinski definition) is 5. The second-order valence-corrected chi connectivity index (χ2v) is 68.9. The molecular formula is C90H152Br2N2O4Se4Si4. The molecule has 0 aliphatic heterocycles. The molecule has 6 nitrogen and oxygen atoms in total. The summed E-state index contributed by atoms with van der Waals surface area (Å²) in [6.07, 6.45) is 53.5. The van der Waals surface area contributed by atoms with Crippen molar-refractivity contribution in [2.24, 2.45) is 0 Å². The molecule has 0 aliphatic carbocycles. The van der Waals surface area contributed by atoms with Gasteiger partial charge in [-0.3, -0.25) is 0 Å². The van der Waals surface area contributed by atoms with E-state index in [1.165, 1.54) is 262 Å². The molecule has 0 saturated carbocycles. The standard InChI is InChI=1S/C45H75NO2Se2Si2.C31H57NO2.C14H20Br2Se2Si2/c1-10-12-14-16-18-20-22-24-26-28-30-47-40-33-37(32-36(3)43(40)48-31-29-27-25-23-21-19-17-15-13-11-2)46-38-34-41(51(4,5)6)49-44(38)45-39(46)35-42(50-45)52(7,8)9;1-4-6-8-10-12-14-16-18-20-22-24-33-30-27-29(32)26-28(3)31(30)34-25-23-21-19-17-15-13-11-9-7-5-2;1-19(2,3)11-7-9(15)13(17-11)14-10(16)8-12(18-14)20(4,5)6/h32-35H,10-31H2,1-9H3;26-27H,4-25,32H2,1-3H3;7-8H,1-6H3. The third kappa shape index (κ3) is 35.0. The monoisotopic (exact) mass is 1910 g/mol.